The predicted molar refractivity (Wildman–Crippen MR) is 116 cm³/mol. The van der Waals surface area contributed by atoms with E-state index in [0.29, 0.717) is 30.8 Å². The van der Waals surface area contributed by atoms with Crippen LogP contribution < -0.4 is 10.6 Å². The number of hydrogen-bond donors (Lipinski definition) is 2. The van der Waals surface area contributed by atoms with E-state index in [1.165, 1.54) is 0 Å². The molecule has 168 valence electrons. The van der Waals surface area contributed by atoms with Crippen LogP contribution in [0.25, 0.3) is 11.0 Å². The fraction of sp³-hybridized carbons (Fsp3) is 0.714. The molecule has 1 aliphatic carbocycles. The van der Waals surface area contributed by atoms with Gasteiger partial charge in [0.15, 0.2) is 5.65 Å². The Bertz CT molecular complexity index is 944. The summed E-state index contributed by atoms with van der Waals surface area (Å²) < 4.78 is 11.2. The Kier molecular flexibility index (Phi) is 5.43. The highest BCUT2D eigenvalue weighted by molar-refractivity contribution is 5.88. The van der Waals surface area contributed by atoms with E-state index in [0.717, 1.165) is 69.7 Å². The maximum Gasteiger partial charge on any atom is 0.314 e. The van der Waals surface area contributed by atoms with Gasteiger partial charge in [-0.1, -0.05) is 0 Å². The molecule has 2 saturated heterocycles. The molecule has 3 N–H and O–H groups in total. The van der Waals surface area contributed by atoms with Gasteiger partial charge in [-0.3, -0.25) is 14.8 Å². The third-order valence-corrected chi connectivity index (χ3v) is 7.33. The number of nitrogen functional groups attached to an aromatic ring is 1. The maximum atomic E-state index is 13.3. The quantitative estimate of drug-likeness (QED) is 0.690. The maximum absolute atomic E-state index is 13.3. The Labute approximate surface area is 181 Å². The van der Waals surface area contributed by atoms with Gasteiger partial charge in [-0.05, 0) is 38.5 Å². The zero-order valence-electron chi connectivity index (χ0n) is 18.0. The SMILES string of the molecule is CCOC(=O)[C@@]12CC[C@@H](N3CCOCC3)C[C@H]1CCN(c1nc(N)nc3[nH]ncc13)C2. The Hall–Kier alpha value is -2.46. The average Bonchev–Trinajstić information content (AvgIpc) is 3.27. The van der Waals surface area contributed by atoms with E-state index in [1.807, 2.05) is 6.92 Å². The van der Waals surface area contributed by atoms with Crippen LogP contribution in [-0.4, -0.2) is 83.1 Å². The molecule has 0 bridgehead atoms. The number of rotatable bonds is 4. The first-order valence-electron chi connectivity index (χ1n) is 11.3. The molecule has 10 heteroatoms. The number of carbonyl (C=O) groups is 1. The summed E-state index contributed by atoms with van der Waals surface area (Å²) >= 11 is 0. The third-order valence-electron chi connectivity index (χ3n) is 7.33. The first-order valence-corrected chi connectivity index (χ1v) is 11.3. The molecule has 0 spiro atoms. The number of H-pyrrole nitrogens is 1. The minimum Gasteiger partial charge on any atom is -0.466 e. The minimum atomic E-state index is -0.521. The highest BCUT2D eigenvalue weighted by atomic mass is 16.5. The topological polar surface area (TPSA) is 122 Å². The van der Waals surface area contributed by atoms with E-state index in [1.54, 1.807) is 6.20 Å². The van der Waals surface area contributed by atoms with Crippen LogP contribution in [0.5, 0.6) is 0 Å². The van der Waals surface area contributed by atoms with Crippen molar-refractivity contribution in [1.82, 2.24) is 25.1 Å². The van der Waals surface area contributed by atoms with E-state index in [-0.39, 0.29) is 11.9 Å². The number of aromatic nitrogens is 4. The van der Waals surface area contributed by atoms with Crippen molar-refractivity contribution in [3.05, 3.63) is 6.20 Å². The van der Waals surface area contributed by atoms with Crippen molar-refractivity contribution >= 4 is 28.8 Å². The highest BCUT2D eigenvalue weighted by Gasteiger charge is 2.54. The second kappa shape index (κ2) is 8.23. The number of ether oxygens (including phenoxy) is 2. The van der Waals surface area contributed by atoms with Crippen LogP contribution in [-0.2, 0) is 14.3 Å². The summed E-state index contributed by atoms with van der Waals surface area (Å²) in [7, 11) is 0. The Morgan fingerprint density at radius 3 is 2.97 bits per heavy atom. The van der Waals surface area contributed by atoms with Crippen molar-refractivity contribution in [2.45, 2.75) is 38.6 Å². The lowest BCUT2D eigenvalue weighted by Crippen LogP contribution is -2.59. The molecule has 0 amide bonds. The fourth-order valence-electron chi connectivity index (χ4n) is 5.77. The average molecular weight is 430 g/mol. The van der Waals surface area contributed by atoms with E-state index >= 15 is 0 Å². The zero-order valence-corrected chi connectivity index (χ0v) is 18.0. The standard InChI is InChI=1S/C21H31N7O3/c1-2-31-19(29)21-5-3-15(27-7-9-30-10-8-27)11-14(21)4-6-28(13-21)18-16-12-23-26-17(16)24-20(22)25-18/h12,14-15H,2-11,13H2,1H3,(H3,22,23,24,25,26)/t14-,15-,21-/m1/s1. The lowest BCUT2D eigenvalue weighted by molar-refractivity contribution is -0.164. The Morgan fingerprint density at radius 2 is 2.16 bits per heavy atom. The zero-order chi connectivity index (χ0) is 21.4. The Morgan fingerprint density at radius 1 is 1.32 bits per heavy atom. The molecular weight excluding hydrogens is 398 g/mol. The van der Waals surface area contributed by atoms with Crippen molar-refractivity contribution in [2.75, 3.05) is 56.6 Å². The molecule has 1 saturated carbocycles. The van der Waals surface area contributed by atoms with Crippen LogP contribution in [0.15, 0.2) is 6.20 Å². The summed E-state index contributed by atoms with van der Waals surface area (Å²) in [6.45, 7) is 7.24. The van der Waals surface area contributed by atoms with Crippen molar-refractivity contribution in [1.29, 1.82) is 0 Å². The number of anilines is 2. The fourth-order valence-corrected chi connectivity index (χ4v) is 5.77. The molecule has 2 aromatic rings. The largest absolute Gasteiger partial charge is 0.466 e. The van der Waals surface area contributed by atoms with Crippen molar-refractivity contribution in [3.63, 3.8) is 0 Å². The van der Waals surface area contributed by atoms with Gasteiger partial charge in [0.2, 0.25) is 5.95 Å². The number of morpholine rings is 1. The number of nitrogens with zero attached hydrogens (tertiary/aromatic N) is 5. The lowest BCUT2D eigenvalue weighted by atomic mass is 9.61. The van der Waals surface area contributed by atoms with Crippen molar-refractivity contribution in [2.24, 2.45) is 11.3 Å². The molecule has 3 atom stereocenters. The monoisotopic (exact) mass is 429 g/mol. The number of carbonyl (C=O) groups excluding carboxylic acids is 1. The van der Waals surface area contributed by atoms with Crippen molar-refractivity contribution < 1.29 is 14.3 Å². The first kappa shape index (κ1) is 20.4. The molecule has 10 nitrogen and oxygen atoms in total. The summed E-state index contributed by atoms with van der Waals surface area (Å²) in [6, 6.07) is 0.512. The van der Waals surface area contributed by atoms with E-state index in [9.17, 15) is 4.79 Å². The summed E-state index contributed by atoms with van der Waals surface area (Å²) in [5, 5.41) is 7.81. The van der Waals surface area contributed by atoms with Gasteiger partial charge in [0.1, 0.15) is 5.82 Å². The van der Waals surface area contributed by atoms with Gasteiger partial charge in [0.05, 0.1) is 36.8 Å². The normalized spacial score (nSPS) is 29.6. The summed E-state index contributed by atoms with van der Waals surface area (Å²) in [4.78, 5) is 26.8. The molecule has 2 aromatic heterocycles. The number of aromatic amines is 1. The van der Waals surface area contributed by atoms with E-state index in [2.05, 4.69) is 30.0 Å². The molecule has 0 aromatic carbocycles. The number of nitrogens with one attached hydrogen (secondary N) is 1. The lowest BCUT2D eigenvalue weighted by Gasteiger charge is -2.52. The molecule has 5 rings (SSSR count). The summed E-state index contributed by atoms with van der Waals surface area (Å²) in [5.74, 6) is 1.17. The van der Waals surface area contributed by atoms with Crippen LogP contribution >= 0.6 is 0 Å². The number of nitrogens with two attached hydrogens (primary N) is 1. The minimum absolute atomic E-state index is 0.0735. The number of piperidine rings is 1. The van der Waals surface area contributed by atoms with Gasteiger partial charge in [-0.15, -0.1) is 0 Å². The molecule has 2 aliphatic heterocycles. The second-order valence-electron chi connectivity index (χ2n) is 8.90. The van der Waals surface area contributed by atoms with Crippen LogP contribution in [0.3, 0.4) is 0 Å². The van der Waals surface area contributed by atoms with Crippen molar-refractivity contribution in [3.8, 4) is 0 Å². The molecule has 4 heterocycles. The Balaban J connectivity index is 1.43. The molecule has 3 fully saturated rings. The van der Waals surface area contributed by atoms with Gasteiger partial charge in [-0.25, -0.2) is 0 Å². The molecule has 31 heavy (non-hydrogen) atoms. The summed E-state index contributed by atoms with van der Waals surface area (Å²) in [6.07, 6.45) is 5.49. The van der Waals surface area contributed by atoms with Gasteiger partial charge in [0, 0.05) is 32.2 Å². The molecule has 3 aliphatic rings. The number of fused-ring (bicyclic) bond motifs is 2. The number of hydrogen-bond acceptors (Lipinski definition) is 9. The van der Waals surface area contributed by atoms with E-state index in [4.69, 9.17) is 15.2 Å². The van der Waals surface area contributed by atoms with Gasteiger partial charge in [-0.2, -0.15) is 15.1 Å². The molecular formula is C21H31N7O3. The third kappa shape index (κ3) is 3.61. The first-order chi connectivity index (χ1) is 15.1. The number of esters is 1. The van der Waals surface area contributed by atoms with Crippen LogP contribution in [0.4, 0.5) is 11.8 Å². The highest BCUT2D eigenvalue weighted by Crippen LogP contribution is 2.49. The van der Waals surface area contributed by atoms with Crippen LogP contribution in [0.2, 0.25) is 0 Å². The smallest absolute Gasteiger partial charge is 0.314 e. The van der Waals surface area contributed by atoms with Gasteiger partial charge in [0.25, 0.3) is 0 Å². The van der Waals surface area contributed by atoms with Gasteiger partial charge >= 0.3 is 5.97 Å². The van der Waals surface area contributed by atoms with Crippen LogP contribution in [0, 0.1) is 11.3 Å². The van der Waals surface area contributed by atoms with E-state index < -0.39 is 5.41 Å². The molecule has 0 unspecified atom stereocenters. The predicted octanol–water partition coefficient (Wildman–Crippen LogP) is 1.20. The van der Waals surface area contributed by atoms with Crippen LogP contribution in [0.1, 0.15) is 32.6 Å². The van der Waals surface area contributed by atoms with Gasteiger partial charge < -0.3 is 20.1 Å². The molecule has 0 radical (unpaired) electrons. The second-order valence-corrected chi connectivity index (χ2v) is 8.90. The summed E-state index contributed by atoms with van der Waals surface area (Å²) in [5.41, 5.74) is 6.06.